The lowest BCUT2D eigenvalue weighted by molar-refractivity contribution is 0.0996. The molecule has 1 aliphatic rings. The van der Waals surface area contributed by atoms with E-state index in [-0.39, 0.29) is 6.10 Å². The third-order valence-corrected chi connectivity index (χ3v) is 5.44. The number of hydrogen-bond donors (Lipinski definition) is 0. The molecule has 0 saturated carbocycles. The van der Waals surface area contributed by atoms with Crippen LogP contribution in [-0.4, -0.2) is 7.11 Å². The van der Waals surface area contributed by atoms with Gasteiger partial charge in [-0.2, -0.15) is 0 Å². The first-order chi connectivity index (χ1) is 13.7. The molecular weight excluding hydrogens is 416 g/mol. The molecule has 3 aromatic rings. The van der Waals surface area contributed by atoms with Crippen molar-refractivity contribution in [1.29, 1.82) is 0 Å². The zero-order valence-electron chi connectivity index (χ0n) is 15.6. The Balaban J connectivity index is 1.52. The average Bonchev–Trinajstić information content (AvgIpc) is 3.15. The zero-order chi connectivity index (χ0) is 19.3. The molecule has 1 unspecified atom stereocenters. The van der Waals surface area contributed by atoms with Gasteiger partial charge < -0.3 is 14.2 Å². The number of fused-ring (bicyclic) bond motifs is 1. The maximum atomic E-state index is 5.97. The van der Waals surface area contributed by atoms with E-state index in [1.807, 2.05) is 54.6 Å². The SMILES string of the molecule is COc1cc(/C=C/C2OCc3ccccc32)c(Br)cc1OCc1ccccc1. The number of benzene rings is 3. The first kappa shape index (κ1) is 18.8. The number of methoxy groups -OCH3 is 1. The first-order valence-corrected chi connectivity index (χ1v) is 9.96. The van der Waals surface area contributed by atoms with E-state index in [2.05, 4.69) is 40.2 Å². The second-order valence-electron chi connectivity index (χ2n) is 6.59. The summed E-state index contributed by atoms with van der Waals surface area (Å²) >= 11 is 3.65. The second kappa shape index (κ2) is 8.63. The van der Waals surface area contributed by atoms with E-state index < -0.39 is 0 Å². The van der Waals surface area contributed by atoms with Crippen molar-refractivity contribution in [3.63, 3.8) is 0 Å². The third-order valence-electron chi connectivity index (χ3n) is 4.75. The minimum Gasteiger partial charge on any atom is -0.493 e. The van der Waals surface area contributed by atoms with Gasteiger partial charge in [-0.25, -0.2) is 0 Å². The number of ether oxygens (including phenoxy) is 3. The van der Waals surface area contributed by atoms with Gasteiger partial charge in [-0.1, -0.05) is 82.7 Å². The van der Waals surface area contributed by atoms with Crippen LogP contribution in [0, 0.1) is 0 Å². The van der Waals surface area contributed by atoms with Crippen molar-refractivity contribution < 1.29 is 14.2 Å². The van der Waals surface area contributed by atoms with Gasteiger partial charge in [0.25, 0.3) is 0 Å². The van der Waals surface area contributed by atoms with Crippen LogP contribution in [-0.2, 0) is 18.0 Å². The molecule has 0 aromatic heterocycles. The summed E-state index contributed by atoms with van der Waals surface area (Å²) in [7, 11) is 1.66. The molecule has 0 fully saturated rings. The van der Waals surface area contributed by atoms with Gasteiger partial charge >= 0.3 is 0 Å². The van der Waals surface area contributed by atoms with E-state index in [0.717, 1.165) is 15.6 Å². The molecule has 3 nitrogen and oxygen atoms in total. The summed E-state index contributed by atoms with van der Waals surface area (Å²) in [4.78, 5) is 0. The highest BCUT2D eigenvalue weighted by molar-refractivity contribution is 9.10. The van der Waals surface area contributed by atoms with Gasteiger partial charge in [-0.05, 0) is 34.4 Å². The minimum atomic E-state index is -0.0249. The Kier molecular flexibility index (Phi) is 5.79. The van der Waals surface area contributed by atoms with Crippen LogP contribution in [0.15, 0.2) is 77.3 Å². The highest BCUT2D eigenvalue weighted by Crippen LogP contribution is 2.36. The lowest BCUT2D eigenvalue weighted by Crippen LogP contribution is -1.98. The summed E-state index contributed by atoms with van der Waals surface area (Å²) in [6.45, 7) is 1.15. The number of hydrogen-bond acceptors (Lipinski definition) is 3. The van der Waals surface area contributed by atoms with E-state index in [1.54, 1.807) is 7.11 Å². The number of halogens is 1. The van der Waals surface area contributed by atoms with Crippen molar-refractivity contribution in [2.24, 2.45) is 0 Å². The summed E-state index contributed by atoms with van der Waals surface area (Å²) in [6, 6.07) is 22.3. The Bertz CT molecular complexity index is 982. The predicted molar refractivity (Wildman–Crippen MR) is 114 cm³/mol. The van der Waals surface area contributed by atoms with Crippen molar-refractivity contribution >= 4 is 22.0 Å². The Morgan fingerprint density at radius 2 is 1.82 bits per heavy atom. The van der Waals surface area contributed by atoms with Gasteiger partial charge in [-0.3, -0.25) is 0 Å². The topological polar surface area (TPSA) is 27.7 Å². The lowest BCUT2D eigenvalue weighted by Gasteiger charge is -2.13. The molecule has 1 atom stereocenters. The van der Waals surface area contributed by atoms with Crippen molar-refractivity contribution in [1.82, 2.24) is 0 Å². The monoisotopic (exact) mass is 436 g/mol. The smallest absolute Gasteiger partial charge is 0.162 e. The molecule has 28 heavy (non-hydrogen) atoms. The molecule has 4 rings (SSSR count). The second-order valence-corrected chi connectivity index (χ2v) is 7.44. The summed E-state index contributed by atoms with van der Waals surface area (Å²) < 4.78 is 18.4. The van der Waals surface area contributed by atoms with Crippen LogP contribution in [0.25, 0.3) is 6.08 Å². The first-order valence-electron chi connectivity index (χ1n) is 9.16. The van der Waals surface area contributed by atoms with E-state index in [4.69, 9.17) is 14.2 Å². The Hall–Kier alpha value is -2.56. The number of rotatable bonds is 6. The summed E-state index contributed by atoms with van der Waals surface area (Å²) in [6.07, 6.45) is 4.11. The quantitative estimate of drug-likeness (QED) is 0.452. The Labute approximate surface area is 173 Å². The van der Waals surface area contributed by atoms with Crippen LogP contribution in [0.3, 0.4) is 0 Å². The van der Waals surface area contributed by atoms with Crippen LogP contribution < -0.4 is 9.47 Å². The largest absolute Gasteiger partial charge is 0.493 e. The fraction of sp³-hybridized carbons (Fsp3) is 0.167. The van der Waals surface area contributed by atoms with Gasteiger partial charge in [0.15, 0.2) is 11.5 Å². The zero-order valence-corrected chi connectivity index (χ0v) is 17.2. The van der Waals surface area contributed by atoms with Crippen LogP contribution in [0.2, 0.25) is 0 Å². The lowest BCUT2D eigenvalue weighted by atomic mass is 10.0. The molecule has 4 heteroatoms. The van der Waals surface area contributed by atoms with E-state index in [9.17, 15) is 0 Å². The Morgan fingerprint density at radius 3 is 2.64 bits per heavy atom. The summed E-state index contributed by atoms with van der Waals surface area (Å²) in [5.41, 5.74) is 4.60. The Morgan fingerprint density at radius 1 is 1.04 bits per heavy atom. The van der Waals surface area contributed by atoms with Crippen molar-refractivity contribution in [3.8, 4) is 11.5 Å². The van der Waals surface area contributed by atoms with Gasteiger partial charge in [-0.15, -0.1) is 0 Å². The maximum Gasteiger partial charge on any atom is 0.162 e. The van der Waals surface area contributed by atoms with E-state index in [0.29, 0.717) is 24.7 Å². The van der Waals surface area contributed by atoms with Crippen LogP contribution in [0.1, 0.15) is 28.4 Å². The molecule has 0 bridgehead atoms. The van der Waals surface area contributed by atoms with Gasteiger partial charge in [0.2, 0.25) is 0 Å². The summed E-state index contributed by atoms with van der Waals surface area (Å²) in [5.74, 6) is 1.41. The predicted octanol–water partition coefficient (Wildman–Crippen LogP) is 6.32. The van der Waals surface area contributed by atoms with Crippen LogP contribution in [0.5, 0.6) is 11.5 Å². The molecule has 1 heterocycles. The maximum absolute atomic E-state index is 5.97. The molecule has 0 radical (unpaired) electrons. The van der Waals surface area contributed by atoms with Crippen LogP contribution in [0.4, 0.5) is 0 Å². The highest BCUT2D eigenvalue weighted by Gasteiger charge is 2.20. The molecule has 3 aromatic carbocycles. The molecule has 142 valence electrons. The highest BCUT2D eigenvalue weighted by atomic mass is 79.9. The van der Waals surface area contributed by atoms with Gasteiger partial charge in [0.05, 0.1) is 13.7 Å². The van der Waals surface area contributed by atoms with Crippen molar-refractivity contribution in [2.75, 3.05) is 7.11 Å². The van der Waals surface area contributed by atoms with Crippen molar-refractivity contribution in [3.05, 3.63) is 99.5 Å². The fourth-order valence-electron chi connectivity index (χ4n) is 3.25. The van der Waals surface area contributed by atoms with Gasteiger partial charge in [0, 0.05) is 4.47 Å². The van der Waals surface area contributed by atoms with E-state index >= 15 is 0 Å². The summed E-state index contributed by atoms with van der Waals surface area (Å²) in [5, 5.41) is 0. The molecular formula is C24H21BrO3. The normalized spacial score (nSPS) is 15.6. The van der Waals surface area contributed by atoms with Gasteiger partial charge in [0.1, 0.15) is 12.7 Å². The molecule has 0 N–H and O–H groups in total. The van der Waals surface area contributed by atoms with E-state index in [1.165, 1.54) is 11.1 Å². The third kappa shape index (κ3) is 4.13. The fourth-order valence-corrected chi connectivity index (χ4v) is 3.70. The van der Waals surface area contributed by atoms with Crippen LogP contribution >= 0.6 is 15.9 Å². The molecule has 0 aliphatic carbocycles. The average molecular weight is 437 g/mol. The molecule has 0 amide bonds. The molecule has 0 spiro atoms. The minimum absolute atomic E-state index is 0.0249. The molecule has 0 saturated heterocycles. The molecule has 1 aliphatic heterocycles. The van der Waals surface area contributed by atoms with Crippen molar-refractivity contribution in [2.45, 2.75) is 19.3 Å². The standard InChI is InChI=1S/C24H21BrO3/c1-26-23-13-18(11-12-22-20-10-6-5-9-19(20)16-28-22)21(25)14-24(23)27-15-17-7-3-2-4-8-17/h2-14,22H,15-16H2,1H3/b12-11+.